The van der Waals surface area contributed by atoms with Crippen molar-refractivity contribution >= 4 is 46.1 Å². The standard InChI is InChI=1S/C13H12Cl3NS/c14-11-3-4-12(15)13(16)10(11)8-17-6-5-9-2-1-7-18-9/h1-4,7,17H,5-6,8H2. The summed E-state index contributed by atoms with van der Waals surface area (Å²) in [5, 5.41) is 7.13. The Hall–Kier alpha value is -0.250. The second-order valence-corrected chi connectivity index (χ2v) is 6.05. The van der Waals surface area contributed by atoms with Crippen molar-refractivity contribution in [3.8, 4) is 0 Å². The molecule has 0 saturated heterocycles. The first kappa shape index (κ1) is 14.2. The molecule has 5 heteroatoms. The summed E-state index contributed by atoms with van der Waals surface area (Å²) in [6.07, 6.45) is 1.01. The van der Waals surface area contributed by atoms with Crippen LogP contribution in [0.5, 0.6) is 0 Å². The third-order valence-electron chi connectivity index (χ3n) is 2.57. The van der Waals surface area contributed by atoms with Crippen LogP contribution in [0.15, 0.2) is 29.6 Å². The largest absolute Gasteiger partial charge is 0.312 e. The molecule has 0 aliphatic rings. The van der Waals surface area contributed by atoms with Crippen molar-refractivity contribution in [2.45, 2.75) is 13.0 Å². The highest BCUT2D eigenvalue weighted by Crippen LogP contribution is 2.31. The fourth-order valence-corrected chi connectivity index (χ4v) is 3.00. The summed E-state index contributed by atoms with van der Waals surface area (Å²) in [5.74, 6) is 0. The van der Waals surface area contributed by atoms with Crippen LogP contribution in [0.4, 0.5) is 0 Å². The van der Waals surface area contributed by atoms with Crippen molar-refractivity contribution in [3.05, 3.63) is 55.2 Å². The molecular weight excluding hydrogens is 309 g/mol. The topological polar surface area (TPSA) is 12.0 Å². The lowest BCUT2D eigenvalue weighted by atomic mass is 10.2. The smallest absolute Gasteiger partial charge is 0.0652 e. The molecular formula is C13H12Cl3NS. The summed E-state index contributed by atoms with van der Waals surface area (Å²) >= 11 is 19.9. The van der Waals surface area contributed by atoms with Crippen LogP contribution in [0.2, 0.25) is 15.1 Å². The van der Waals surface area contributed by atoms with Gasteiger partial charge in [-0.2, -0.15) is 0 Å². The van der Waals surface area contributed by atoms with Gasteiger partial charge in [-0.15, -0.1) is 11.3 Å². The van der Waals surface area contributed by atoms with Gasteiger partial charge in [-0.05, 0) is 30.0 Å². The van der Waals surface area contributed by atoms with Crippen LogP contribution in [0.1, 0.15) is 10.4 Å². The van der Waals surface area contributed by atoms with E-state index >= 15 is 0 Å². The van der Waals surface area contributed by atoms with Gasteiger partial charge >= 0.3 is 0 Å². The van der Waals surface area contributed by atoms with Crippen LogP contribution < -0.4 is 5.32 Å². The van der Waals surface area contributed by atoms with E-state index in [0.717, 1.165) is 18.5 Å². The first-order valence-electron chi connectivity index (χ1n) is 5.54. The Balaban J connectivity index is 1.88. The molecule has 0 aliphatic carbocycles. The fraction of sp³-hybridized carbons (Fsp3) is 0.231. The lowest BCUT2D eigenvalue weighted by Gasteiger charge is -2.09. The van der Waals surface area contributed by atoms with Crippen molar-refractivity contribution < 1.29 is 0 Å². The molecule has 1 heterocycles. The third-order valence-corrected chi connectivity index (χ3v) is 4.70. The van der Waals surface area contributed by atoms with E-state index in [-0.39, 0.29) is 0 Å². The van der Waals surface area contributed by atoms with Crippen LogP contribution in [0.25, 0.3) is 0 Å². The van der Waals surface area contributed by atoms with Gasteiger partial charge in [-0.1, -0.05) is 40.9 Å². The highest BCUT2D eigenvalue weighted by atomic mass is 35.5. The highest BCUT2D eigenvalue weighted by Gasteiger charge is 2.08. The van der Waals surface area contributed by atoms with E-state index in [9.17, 15) is 0 Å². The maximum atomic E-state index is 6.12. The Morgan fingerprint density at radius 3 is 2.56 bits per heavy atom. The Labute approximate surface area is 126 Å². The molecule has 1 N–H and O–H groups in total. The van der Waals surface area contributed by atoms with Gasteiger partial charge in [0.25, 0.3) is 0 Å². The summed E-state index contributed by atoms with van der Waals surface area (Å²) in [7, 11) is 0. The number of thiophene rings is 1. The molecule has 0 bridgehead atoms. The van der Waals surface area contributed by atoms with Crippen molar-refractivity contribution in [2.75, 3.05) is 6.54 Å². The molecule has 1 aromatic carbocycles. The van der Waals surface area contributed by atoms with Gasteiger partial charge < -0.3 is 5.32 Å². The van der Waals surface area contributed by atoms with Gasteiger partial charge in [0.2, 0.25) is 0 Å². The second kappa shape index (κ2) is 6.78. The zero-order chi connectivity index (χ0) is 13.0. The van der Waals surface area contributed by atoms with Crippen LogP contribution in [-0.2, 0) is 13.0 Å². The minimum Gasteiger partial charge on any atom is -0.312 e. The Kier molecular flexibility index (Phi) is 5.34. The molecule has 0 spiro atoms. The molecule has 96 valence electrons. The van der Waals surface area contributed by atoms with E-state index in [4.69, 9.17) is 34.8 Å². The lowest BCUT2D eigenvalue weighted by molar-refractivity contribution is 0.691. The minimum atomic E-state index is 0.535. The second-order valence-electron chi connectivity index (χ2n) is 3.83. The van der Waals surface area contributed by atoms with Crippen molar-refractivity contribution in [1.29, 1.82) is 0 Å². The SMILES string of the molecule is Clc1ccc(Cl)c(CNCCc2cccs2)c1Cl. The summed E-state index contributed by atoms with van der Waals surface area (Å²) in [6.45, 7) is 1.52. The molecule has 2 aromatic rings. The van der Waals surface area contributed by atoms with Crippen LogP contribution >= 0.6 is 46.1 Å². The summed E-state index contributed by atoms with van der Waals surface area (Å²) in [6, 6.07) is 7.67. The molecule has 1 aromatic heterocycles. The Morgan fingerprint density at radius 2 is 1.83 bits per heavy atom. The summed E-state index contributed by atoms with van der Waals surface area (Å²) in [5.41, 5.74) is 0.858. The van der Waals surface area contributed by atoms with Crippen LogP contribution in [0.3, 0.4) is 0 Å². The molecule has 1 nitrogen and oxygen atoms in total. The predicted molar refractivity (Wildman–Crippen MR) is 81.2 cm³/mol. The maximum Gasteiger partial charge on any atom is 0.0652 e. The van der Waals surface area contributed by atoms with Gasteiger partial charge in [0, 0.05) is 28.6 Å². The Bertz CT molecular complexity index is 511. The molecule has 0 atom stereocenters. The van der Waals surface area contributed by atoms with Gasteiger partial charge in [0.1, 0.15) is 0 Å². The molecule has 0 fully saturated rings. The van der Waals surface area contributed by atoms with E-state index in [1.54, 1.807) is 23.5 Å². The predicted octanol–water partition coefficient (Wildman–Crippen LogP) is 5.04. The van der Waals surface area contributed by atoms with E-state index in [0.29, 0.717) is 21.6 Å². The molecule has 0 aliphatic heterocycles. The number of hydrogen-bond acceptors (Lipinski definition) is 2. The highest BCUT2D eigenvalue weighted by molar-refractivity contribution is 7.09. The normalized spacial score (nSPS) is 10.8. The molecule has 2 rings (SSSR count). The first-order valence-corrected chi connectivity index (χ1v) is 7.55. The number of halogens is 3. The number of nitrogens with one attached hydrogen (secondary N) is 1. The minimum absolute atomic E-state index is 0.535. The maximum absolute atomic E-state index is 6.12. The average Bonchev–Trinajstić information content (AvgIpc) is 2.86. The average molecular weight is 321 g/mol. The zero-order valence-electron chi connectivity index (χ0n) is 9.55. The quantitative estimate of drug-likeness (QED) is 0.601. The lowest BCUT2D eigenvalue weighted by Crippen LogP contribution is -2.16. The third kappa shape index (κ3) is 3.62. The van der Waals surface area contributed by atoms with E-state index in [1.807, 2.05) is 0 Å². The summed E-state index contributed by atoms with van der Waals surface area (Å²) in [4.78, 5) is 1.37. The number of rotatable bonds is 5. The fourth-order valence-electron chi connectivity index (χ4n) is 1.61. The van der Waals surface area contributed by atoms with Gasteiger partial charge in [0.05, 0.1) is 10.0 Å². The van der Waals surface area contributed by atoms with Crippen molar-refractivity contribution in [1.82, 2.24) is 5.32 Å². The molecule has 0 unspecified atom stereocenters. The number of hydrogen-bond donors (Lipinski definition) is 1. The van der Waals surface area contributed by atoms with Gasteiger partial charge in [-0.25, -0.2) is 0 Å². The van der Waals surface area contributed by atoms with E-state index < -0.39 is 0 Å². The van der Waals surface area contributed by atoms with E-state index in [1.165, 1.54) is 4.88 Å². The summed E-state index contributed by atoms with van der Waals surface area (Å²) < 4.78 is 0. The zero-order valence-corrected chi connectivity index (χ0v) is 12.6. The van der Waals surface area contributed by atoms with Crippen molar-refractivity contribution in [3.63, 3.8) is 0 Å². The number of benzene rings is 1. The van der Waals surface area contributed by atoms with Crippen LogP contribution in [-0.4, -0.2) is 6.54 Å². The molecule has 0 radical (unpaired) electrons. The van der Waals surface area contributed by atoms with Crippen LogP contribution in [0, 0.1) is 0 Å². The first-order chi connectivity index (χ1) is 8.68. The monoisotopic (exact) mass is 319 g/mol. The van der Waals surface area contributed by atoms with Crippen molar-refractivity contribution in [2.24, 2.45) is 0 Å². The molecule has 0 saturated carbocycles. The molecule has 0 amide bonds. The van der Waals surface area contributed by atoms with E-state index in [2.05, 4.69) is 22.8 Å². The van der Waals surface area contributed by atoms with Gasteiger partial charge in [-0.3, -0.25) is 0 Å². The Morgan fingerprint density at radius 1 is 1.06 bits per heavy atom. The van der Waals surface area contributed by atoms with Gasteiger partial charge in [0.15, 0.2) is 0 Å². The molecule has 18 heavy (non-hydrogen) atoms.